The molecule has 5 heteroatoms. The number of benzene rings is 2. The highest BCUT2D eigenvalue weighted by atomic mass is 35.5. The van der Waals surface area contributed by atoms with E-state index in [0.717, 1.165) is 29.8 Å². The topological polar surface area (TPSA) is 56.1 Å². The molecule has 0 bridgehead atoms. The molecule has 3 rings (SSSR count). The number of nitriles is 1. The molecule has 24 heavy (non-hydrogen) atoms. The molecule has 2 aromatic rings. The van der Waals surface area contributed by atoms with Crippen LogP contribution in [0.1, 0.15) is 12.0 Å². The molecule has 0 radical (unpaired) electrons. The molecule has 0 aliphatic carbocycles. The summed E-state index contributed by atoms with van der Waals surface area (Å²) in [5, 5.41) is 13.0. The molecule has 0 fully saturated rings. The molecule has 120 valence electrons. The summed E-state index contributed by atoms with van der Waals surface area (Å²) in [7, 11) is 0. The zero-order valence-corrected chi connectivity index (χ0v) is 13.8. The molecule has 0 unspecified atom stereocenters. The number of aryl methyl sites for hydroxylation is 1. The van der Waals surface area contributed by atoms with Crippen LogP contribution in [0.3, 0.4) is 0 Å². The van der Waals surface area contributed by atoms with Crippen molar-refractivity contribution in [2.75, 3.05) is 16.8 Å². The fourth-order valence-electron chi connectivity index (χ4n) is 2.73. The lowest BCUT2D eigenvalue weighted by atomic mass is 10.0. The molecular weight excluding hydrogens is 322 g/mol. The largest absolute Gasteiger partial charge is 0.360 e. The summed E-state index contributed by atoms with van der Waals surface area (Å²) in [6.07, 6.45) is 3.30. The second-order valence-corrected chi connectivity index (χ2v) is 5.95. The number of para-hydroxylation sites is 1. The number of amides is 1. The second kappa shape index (κ2) is 7.20. The van der Waals surface area contributed by atoms with Gasteiger partial charge in [-0.2, -0.15) is 5.26 Å². The summed E-state index contributed by atoms with van der Waals surface area (Å²) in [6, 6.07) is 16.9. The van der Waals surface area contributed by atoms with Gasteiger partial charge < -0.3 is 10.2 Å². The normalized spacial score (nSPS) is 13.8. The van der Waals surface area contributed by atoms with Crippen molar-refractivity contribution in [3.05, 3.63) is 70.9 Å². The Morgan fingerprint density at radius 2 is 1.96 bits per heavy atom. The SMILES string of the molecule is N#C/C(=C/Nc1ccc(Cl)cc1)C(=O)N1CCCc2ccccc21. The van der Waals surface area contributed by atoms with E-state index in [-0.39, 0.29) is 11.5 Å². The van der Waals surface area contributed by atoms with Crippen LogP contribution in [0.5, 0.6) is 0 Å². The Balaban J connectivity index is 1.81. The van der Waals surface area contributed by atoms with Crippen molar-refractivity contribution in [2.24, 2.45) is 0 Å². The molecule has 0 saturated carbocycles. The molecule has 1 N–H and O–H groups in total. The summed E-state index contributed by atoms with van der Waals surface area (Å²) in [4.78, 5) is 14.4. The average Bonchev–Trinajstić information content (AvgIpc) is 2.63. The molecule has 2 aromatic carbocycles. The van der Waals surface area contributed by atoms with E-state index in [4.69, 9.17) is 11.6 Å². The van der Waals surface area contributed by atoms with Gasteiger partial charge in [0.15, 0.2) is 0 Å². The monoisotopic (exact) mass is 337 g/mol. The zero-order valence-electron chi connectivity index (χ0n) is 13.0. The highest BCUT2D eigenvalue weighted by molar-refractivity contribution is 6.30. The number of hydrogen-bond acceptors (Lipinski definition) is 3. The number of carbonyl (C=O) groups excluding carboxylic acids is 1. The third-order valence-electron chi connectivity index (χ3n) is 3.93. The molecule has 1 aliphatic heterocycles. The number of fused-ring (bicyclic) bond motifs is 1. The van der Waals surface area contributed by atoms with Crippen LogP contribution in [0.15, 0.2) is 60.3 Å². The summed E-state index contributed by atoms with van der Waals surface area (Å²) in [5.41, 5.74) is 2.86. The number of halogens is 1. The number of rotatable bonds is 3. The van der Waals surface area contributed by atoms with Gasteiger partial charge in [-0.15, -0.1) is 0 Å². The highest BCUT2D eigenvalue weighted by Gasteiger charge is 2.24. The van der Waals surface area contributed by atoms with Gasteiger partial charge in [-0.1, -0.05) is 29.8 Å². The van der Waals surface area contributed by atoms with Crippen LogP contribution in [-0.2, 0) is 11.2 Å². The number of hydrogen-bond donors (Lipinski definition) is 1. The number of carbonyl (C=O) groups is 1. The van der Waals surface area contributed by atoms with Gasteiger partial charge in [0.25, 0.3) is 5.91 Å². The van der Waals surface area contributed by atoms with E-state index in [1.807, 2.05) is 30.3 Å². The first-order valence-electron chi connectivity index (χ1n) is 7.71. The van der Waals surface area contributed by atoms with Gasteiger partial charge in [0.2, 0.25) is 0 Å². The minimum atomic E-state index is -0.286. The van der Waals surface area contributed by atoms with E-state index in [1.54, 1.807) is 29.2 Å². The lowest BCUT2D eigenvalue weighted by Crippen LogP contribution is -2.36. The van der Waals surface area contributed by atoms with Crippen LogP contribution in [0.25, 0.3) is 0 Å². The van der Waals surface area contributed by atoms with E-state index in [0.29, 0.717) is 11.6 Å². The van der Waals surface area contributed by atoms with Gasteiger partial charge in [0.05, 0.1) is 0 Å². The number of anilines is 2. The van der Waals surface area contributed by atoms with Crippen molar-refractivity contribution in [2.45, 2.75) is 12.8 Å². The first-order chi connectivity index (χ1) is 11.7. The first-order valence-corrected chi connectivity index (χ1v) is 8.09. The Bertz CT molecular complexity index is 821. The van der Waals surface area contributed by atoms with E-state index in [2.05, 4.69) is 5.32 Å². The standard InChI is InChI=1S/C19H16ClN3O/c20-16-7-9-17(10-8-16)22-13-15(12-21)19(24)23-11-3-5-14-4-1-2-6-18(14)23/h1-2,4,6-10,13,22H,3,5,11H2/b15-13-. The van der Waals surface area contributed by atoms with Gasteiger partial charge in [-0.25, -0.2) is 0 Å². The minimum Gasteiger partial charge on any atom is -0.360 e. The van der Waals surface area contributed by atoms with Crippen LogP contribution in [0, 0.1) is 11.3 Å². The summed E-state index contributed by atoms with van der Waals surface area (Å²) in [5.74, 6) is -0.286. The molecule has 0 aromatic heterocycles. The average molecular weight is 338 g/mol. The maximum Gasteiger partial charge on any atom is 0.270 e. The predicted molar refractivity (Wildman–Crippen MR) is 95.9 cm³/mol. The van der Waals surface area contributed by atoms with Crippen LogP contribution in [0.2, 0.25) is 5.02 Å². The minimum absolute atomic E-state index is 0.0710. The summed E-state index contributed by atoms with van der Waals surface area (Å²) in [6.45, 7) is 0.621. The molecule has 0 atom stereocenters. The second-order valence-electron chi connectivity index (χ2n) is 5.51. The summed E-state index contributed by atoms with van der Waals surface area (Å²) >= 11 is 5.85. The Hall–Kier alpha value is -2.77. The quantitative estimate of drug-likeness (QED) is 0.676. The van der Waals surface area contributed by atoms with Crippen LogP contribution >= 0.6 is 11.6 Å². The van der Waals surface area contributed by atoms with Crippen LogP contribution in [0.4, 0.5) is 11.4 Å². The Labute approximate surface area is 146 Å². The van der Waals surface area contributed by atoms with Crippen molar-refractivity contribution < 1.29 is 4.79 Å². The van der Waals surface area contributed by atoms with E-state index >= 15 is 0 Å². The fraction of sp³-hybridized carbons (Fsp3) is 0.158. The van der Waals surface area contributed by atoms with E-state index in [9.17, 15) is 10.1 Å². The maximum atomic E-state index is 12.7. The Morgan fingerprint density at radius 3 is 2.71 bits per heavy atom. The van der Waals surface area contributed by atoms with Crippen molar-refractivity contribution in [3.63, 3.8) is 0 Å². The third-order valence-corrected chi connectivity index (χ3v) is 4.19. The van der Waals surface area contributed by atoms with Gasteiger partial charge in [-0.05, 0) is 48.7 Å². The lowest BCUT2D eigenvalue weighted by Gasteiger charge is -2.29. The Kier molecular flexibility index (Phi) is 4.83. The van der Waals surface area contributed by atoms with Gasteiger partial charge in [0, 0.05) is 29.1 Å². The third kappa shape index (κ3) is 3.42. The molecule has 1 heterocycles. The zero-order chi connectivity index (χ0) is 16.9. The lowest BCUT2D eigenvalue weighted by molar-refractivity contribution is -0.114. The highest BCUT2D eigenvalue weighted by Crippen LogP contribution is 2.27. The fourth-order valence-corrected chi connectivity index (χ4v) is 2.86. The van der Waals surface area contributed by atoms with Crippen molar-refractivity contribution in [3.8, 4) is 6.07 Å². The molecular formula is C19H16ClN3O. The van der Waals surface area contributed by atoms with Gasteiger partial charge in [0.1, 0.15) is 11.6 Å². The number of nitrogens with one attached hydrogen (secondary N) is 1. The molecule has 4 nitrogen and oxygen atoms in total. The van der Waals surface area contributed by atoms with Crippen LogP contribution < -0.4 is 10.2 Å². The first kappa shape index (κ1) is 16.1. The Morgan fingerprint density at radius 1 is 1.21 bits per heavy atom. The van der Waals surface area contributed by atoms with Crippen molar-refractivity contribution >= 4 is 28.9 Å². The smallest absolute Gasteiger partial charge is 0.270 e. The van der Waals surface area contributed by atoms with E-state index < -0.39 is 0 Å². The van der Waals surface area contributed by atoms with Crippen LogP contribution in [-0.4, -0.2) is 12.5 Å². The summed E-state index contributed by atoms with van der Waals surface area (Å²) < 4.78 is 0. The molecule has 1 aliphatic rings. The van der Waals surface area contributed by atoms with Crippen molar-refractivity contribution in [1.82, 2.24) is 0 Å². The molecule has 1 amide bonds. The molecule has 0 saturated heterocycles. The predicted octanol–water partition coefficient (Wildman–Crippen LogP) is 4.14. The number of nitrogens with zero attached hydrogens (tertiary/aromatic N) is 2. The van der Waals surface area contributed by atoms with Gasteiger partial charge in [-0.3, -0.25) is 4.79 Å². The van der Waals surface area contributed by atoms with Gasteiger partial charge >= 0.3 is 0 Å². The van der Waals surface area contributed by atoms with E-state index in [1.165, 1.54) is 6.20 Å². The maximum absolute atomic E-state index is 12.7. The molecule has 0 spiro atoms. The van der Waals surface area contributed by atoms with Crippen molar-refractivity contribution in [1.29, 1.82) is 5.26 Å².